The second-order valence-electron chi connectivity index (χ2n) is 1.28. The van der Waals surface area contributed by atoms with E-state index in [1.54, 1.807) is 0 Å². The van der Waals surface area contributed by atoms with E-state index in [1.165, 1.54) is 0 Å². The zero-order chi connectivity index (χ0) is 14.3. The number of hydrogen-bond acceptors (Lipinski definition) is 8. The molecule has 0 aromatic carbocycles. The van der Waals surface area contributed by atoms with E-state index in [9.17, 15) is 0 Å². The Morgan fingerprint density at radius 3 is 0.529 bits per heavy atom. The van der Waals surface area contributed by atoms with Gasteiger partial charge in [-0.2, -0.15) is 0 Å². The summed E-state index contributed by atoms with van der Waals surface area (Å²) >= 11 is 33.0. The summed E-state index contributed by atoms with van der Waals surface area (Å²) in [5.74, 6) is 0. The topological polar surface area (TPSA) is 104 Å². The Labute approximate surface area is 155 Å². The fourth-order valence-electron chi connectivity index (χ4n) is 0. The van der Waals surface area contributed by atoms with Gasteiger partial charge in [0, 0.05) is 0 Å². The third-order valence-corrected chi connectivity index (χ3v) is 0. The van der Waals surface area contributed by atoms with Crippen molar-refractivity contribution in [3.05, 3.63) is 0 Å². The molecule has 17 heavy (non-hydrogen) atoms. The van der Waals surface area contributed by atoms with Gasteiger partial charge in [-0.05, 0) is 0 Å². The third kappa shape index (κ3) is 4120. The van der Waals surface area contributed by atoms with E-state index >= 15 is 0 Å². The maximum absolute atomic E-state index is 4.66. The maximum Gasteiger partial charge on any atom is 4.00 e. The maximum atomic E-state index is 4.66. The van der Waals surface area contributed by atoms with Crippen LogP contribution in [0.15, 0.2) is 0 Å². The molecule has 0 fully saturated rings. The number of hydrogen-bond donors (Lipinski definition) is 4. The molecule has 0 aromatic heterocycles. The zero-order valence-corrected chi connectivity index (χ0v) is 15.6. The minimum atomic E-state index is 0. The van der Waals surface area contributed by atoms with Crippen LogP contribution in [-0.2, 0) is 67.6 Å². The smallest absolute Gasteiger partial charge is 0.415 e. The van der Waals surface area contributed by atoms with Crippen LogP contribution >= 0.6 is 48.9 Å². The van der Waals surface area contributed by atoms with E-state index in [0.29, 0.717) is 0 Å². The zero-order valence-electron chi connectivity index (χ0n) is 7.93. The van der Waals surface area contributed by atoms with E-state index in [2.05, 4.69) is 122 Å². The minimum absolute atomic E-state index is 0. The van der Waals surface area contributed by atoms with Crippen molar-refractivity contribution in [3.63, 3.8) is 0 Å². The third-order valence-electron chi connectivity index (χ3n) is 0. The summed E-state index contributed by atoms with van der Waals surface area (Å²) in [6.07, 6.45) is 0. The normalized spacial score (nSPS) is 5.65. The number of nitrogens with two attached hydrogens (primary N) is 4. The fraction of sp³-hybridized carbons (Fsp3) is 0. The van der Waals surface area contributed by atoms with Crippen LogP contribution in [-0.4, -0.2) is 17.3 Å². The van der Waals surface area contributed by atoms with Crippen molar-refractivity contribution in [2.45, 2.75) is 0 Å². The Kier molecular flexibility index (Phi) is 46.5. The minimum Gasteiger partial charge on any atom is -0.415 e. The van der Waals surface area contributed by atoms with Gasteiger partial charge in [0.05, 0.1) is 0 Å². The molecule has 0 unspecified atom stereocenters. The van der Waals surface area contributed by atoms with Gasteiger partial charge < -0.3 is 122 Å². The molecule has 8 N–H and O–H groups in total. The summed E-state index contributed by atoms with van der Waals surface area (Å²) in [5, 5.41) is 0. The van der Waals surface area contributed by atoms with E-state index in [4.69, 9.17) is 0 Å². The molecule has 0 atom stereocenters. The van der Waals surface area contributed by atoms with Gasteiger partial charge in [-0.25, -0.2) is 0 Å². The van der Waals surface area contributed by atoms with E-state index in [0.717, 1.165) is 0 Å². The summed E-state index contributed by atoms with van der Waals surface area (Å²) < 4.78 is 0.333. The van der Waals surface area contributed by atoms with E-state index in [-0.39, 0.29) is 34.4 Å². The van der Waals surface area contributed by atoms with Crippen LogP contribution in [0.3, 0.4) is 0 Å². The van der Waals surface area contributed by atoms with Crippen molar-refractivity contribution in [2.75, 3.05) is 0 Å². The molecule has 13 heteroatoms. The van der Waals surface area contributed by atoms with Crippen molar-refractivity contribution in [1.82, 2.24) is 0 Å². The molecular formula is C4H8FeN4S8. The molecule has 0 saturated carbocycles. The Bertz CT molecular complexity index is 170. The average Bonchev–Trinajstić information content (AvgIpc) is 1.76. The monoisotopic (exact) mass is 424 g/mol. The van der Waals surface area contributed by atoms with E-state index in [1.807, 2.05) is 0 Å². The van der Waals surface area contributed by atoms with Crippen LogP contribution in [0.5, 0.6) is 0 Å². The molecule has 0 bridgehead atoms. The molecule has 0 aliphatic rings. The molecule has 0 rings (SSSR count). The summed E-state index contributed by atoms with van der Waals surface area (Å²) in [7, 11) is 0. The predicted molar refractivity (Wildman–Crippen MR) is 96.6 cm³/mol. The standard InChI is InChI=1S/4CH3NS2.Fe/c4*2-1(3)4;/h4*(H3,2,3,4);/q;;;;+4/p-4. The van der Waals surface area contributed by atoms with Crippen LogP contribution in [0.4, 0.5) is 0 Å². The molecule has 0 heterocycles. The van der Waals surface area contributed by atoms with Gasteiger partial charge in [0.2, 0.25) is 0 Å². The first-order valence-electron chi connectivity index (χ1n) is 2.79. The van der Waals surface area contributed by atoms with Crippen LogP contribution in [0.2, 0.25) is 0 Å². The Morgan fingerprint density at radius 1 is 0.529 bits per heavy atom. The van der Waals surface area contributed by atoms with E-state index < -0.39 is 0 Å². The molecule has 4 nitrogen and oxygen atoms in total. The van der Waals surface area contributed by atoms with Crippen LogP contribution in [0.25, 0.3) is 0 Å². The summed E-state index contributed by atoms with van der Waals surface area (Å²) in [6, 6.07) is 0. The van der Waals surface area contributed by atoms with Crippen molar-refractivity contribution in [3.8, 4) is 0 Å². The quantitative estimate of drug-likeness (QED) is 0.220. The van der Waals surface area contributed by atoms with Crippen LogP contribution < -0.4 is 22.9 Å². The molecule has 0 spiro atoms. The SMILES string of the molecule is NC(=S)[S-].NC(=S)[S-].NC(=S)[S-].NC(=S)[S-].[Fe+4]. The predicted octanol–water partition coefficient (Wildman–Crippen LogP) is -0.895. The molecule has 0 aliphatic heterocycles. The van der Waals surface area contributed by atoms with Gasteiger partial charge in [0.15, 0.2) is 0 Å². The van der Waals surface area contributed by atoms with Gasteiger partial charge in [0.1, 0.15) is 0 Å². The van der Waals surface area contributed by atoms with Gasteiger partial charge in [-0.1, -0.05) is 17.3 Å². The average molecular weight is 425 g/mol. The first kappa shape index (κ1) is 30.8. The molecule has 0 aromatic rings. The van der Waals surface area contributed by atoms with Crippen LogP contribution in [0.1, 0.15) is 0 Å². The molecule has 0 saturated heterocycles. The van der Waals surface area contributed by atoms with Crippen molar-refractivity contribution in [1.29, 1.82) is 0 Å². The molecule has 0 aliphatic carbocycles. The second-order valence-corrected chi connectivity index (χ2v) is 5.83. The number of rotatable bonds is 0. The summed E-state index contributed by atoms with van der Waals surface area (Å²) in [6.45, 7) is 0. The van der Waals surface area contributed by atoms with Gasteiger partial charge in [-0.15, -0.1) is 0 Å². The second kappa shape index (κ2) is 25.7. The van der Waals surface area contributed by atoms with Crippen molar-refractivity contribution >= 4 is 117 Å². The first-order valence-corrected chi connectivity index (χ1v) is 6.05. The molecule has 100 valence electrons. The van der Waals surface area contributed by atoms with Gasteiger partial charge in [0.25, 0.3) is 0 Å². The first-order chi connectivity index (χ1) is 6.93. The molecule has 0 radical (unpaired) electrons. The summed E-state index contributed by atoms with van der Waals surface area (Å²) in [5.41, 5.74) is 18.6. The van der Waals surface area contributed by atoms with Gasteiger partial charge in [-0.3, -0.25) is 0 Å². The fourth-order valence-corrected chi connectivity index (χ4v) is 0. The Hall–Kier alpha value is 0.959. The van der Waals surface area contributed by atoms with Gasteiger partial charge >= 0.3 is 17.1 Å². The Morgan fingerprint density at radius 2 is 0.529 bits per heavy atom. The molecule has 0 amide bonds. The summed E-state index contributed by atoms with van der Waals surface area (Å²) in [4.78, 5) is 0. The van der Waals surface area contributed by atoms with Crippen LogP contribution in [0, 0.1) is 0 Å². The number of thiocarbonyl (C=S) groups is 4. The Balaban J connectivity index is -0.0000000369. The molecular weight excluding hydrogens is 416 g/mol. The van der Waals surface area contributed by atoms with Crippen molar-refractivity contribution < 1.29 is 17.1 Å². The van der Waals surface area contributed by atoms with Crippen molar-refractivity contribution in [2.24, 2.45) is 22.9 Å². The largest absolute Gasteiger partial charge is 4.00 e.